The molecule has 2 N–H and O–H groups in total. The first kappa shape index (κ1) is 17.9. The number of halogens is 1. The Hall–Kier alpha value is -2.40. The lowest BCUT2D eigenvalue weighted by atomic mass is 10.0. The van der Waals surface area contributed by atoms with E-state index in [1.54, 1.807) is 30.3 Å². The Morgan fingerprint density at radius 1 is 1.21 bits per heavy atom. The third-order valence-electron chi connectivity index (χ3n) is 3.64. The fourth-order valence-electron chi connectivity index (χ4n) is 2.45. The van der Waals surface area contributed by atoms with Gasteiger partial charge >= 0.3 is 0 Å². The van der Waals surface area contributed by atoms with Gasteiger partial charge in [0.15, 0.2) is 0 Å². The molecule has 0 bridgehead atoms. The molecular formula is C19H22FNO3. The van der Waals surface area contributed by atoms with Crippen molar-refractivity contribution in [3.05, 3.63) is 65.5 Å². The van der Waals surface area contributed by atoms with Gasteiger partial charge in [-0.2, -0.15) is 0 Å². The fourth-order valence-corrected chi connectivity index (χ4v) is 2.45. The lowest BCUT2D eigenvalue weighted by Gasteiger charge is -2.19. The van der Waals surface area contributed by atoms with Crippen molar-refractivity contribution in [1.82, 2.24) is 5.32 Å². The number of aliphatic hydroxyl groups is 1. The molecule has 2 rings (SSSR count). The zero-order valence-corrected chi connectivity index (χ0v) is 13.8. The lowest BCUT2D eigenvalue weighted by Crippen LogP contribution is -2.34. The molecule has 4 nitrogen and oxygen atoms in total. The van der Waals surface area contributed by atoms with E-state index in [0.29, 0.717) is 29.9 Å². The molecule has 2 aromatic rings. The van der Waals surface area contributed by atoms with Gasteiger partial charge in [0.05, 0.1) is 18.3 Å². The Labute approximate surface area is 141 Å². The van der Waals surface area contributed by atoms with E-state index in [1.165, 1.54) is 12.1 Å². The second kappa shape index (κ2) is 8.45. The van der Waals surface area contributed by atoms with Gasteiger partial charge in [-0.25, -0.2) is 4.39 Å². The van der Waals surface area contributed by atoms with Gasteiger partial charge in [0.2, 0.25) is 0 Å². The molecule has 0 spiro atoms. The molecule has 2 unspecified atom stereocenters. The molecule has 5 heteroatoms. The number of amides is 1. The van der Waals surface area contributed by atoms with E-state index in [9.17, 15) is 14.3 Å². The van der Waals surface area contributed by atoms with Gasteiger partial charge < -0.3 is 15.2 Å². The molecule has 0 radical (unpaired) electrons. The topological polar surface area (TPSA) is 58.6 Å². The minimum absolute atomic E-state index is 0.252. The van der Waals surface area contributed by atoms with E-state index in [2.05, 4.69) is 5.32 Å². The standard InChI is InChI=1S/C19H22FNO3/c1-3-24-18-7-5-4-6-16(18)19(23)21-13(2)12-17(22)14-8-10-15(20)11-9-14/h4-11,13,17,22H,3,12H2,1-2H3,(H,21,23). The van der Waals surface area contributed by atoms with Gasteiger partial charge in [0.1, 0.15) is 11.6 Å². The molecule has 0 heterocycles. The zero-order chi connectivity index (χ0) is 17.5. The summed E-state index contributed by atoms with van der Waals surface area (Å²) in [5, 5.41) is 13.1. The summed E-state index contributed by atoms with van der Waals surface area (Å²) in [4.78, 5) is 12.4. The van der Waals surface area contributed by atoms with Crippen molar-refractivity contribution in [3.8, 4) is 5.75 Å². The number of benzene rings is 2. The van der Waals surface area contributed by atoms with Crippen LogP contribution in [0.15, 0.2) is 48.5 Å². The number of nitrogens with one attached hydrogen (secondary N) is 1. The normalized spacial score (nSPS) is 13.2. The number of para-hydroxylation sites is 1. The number of hydrogen-bond acceptors (Lipinski definition) is 3. The predicted molar refractivity (Wildman–Crippen MR) is 90.5 cm³/mol. The lowest BCUT2D eigenvalue weighted by molar-refractivity contribution is 0.0913. The van der Waals surface area contributed by atoms with Crippen LogP contribution in [-0.2, 0) is 0 Å². The summed E-state index contributed by atoms with van der Waals surface area (Å²) in [6.45, 7) is 4.15. The van der Waals surface area contributed by atoms with Crippen LogP contribution in [0.4, 0.5) is 4.39 Å². The summed E-state index contributed by atoms with van der Waals surface area (Å²) >= 11 is 0. The van der Waals surface area contributed by atoms with E-state index in [4.69, 9.17) is 4.74 Å². The van der Waals surface area contributed by atoms with E-state index in [0.717, 1.165) is 0 Å². The highest BCUT2D eigenvalue weighted by atomic mass is 19.1. The smallest absolute Gasteiger partial charge is 0.255 e. The first-order chi connectivity index (χ1) is 11.5. The van der Waals surface area contributed by atoms with Crippen LogP contribution in [0.2, 0.25) is 0 Å². The van der Waals surface area contributed by atoms with Crippen molar-refractivity contribution in [1.29, 1.82) is 0 Å². The van der Waals surface area contributed by atoms with Crippen molar-refractivity contribution in [2.75, 3.05) is 6.61 Å². The predicted octanol–water partition coefficient (Wildman–Crippen LogP) is 3.47. The van der Waals surface area contributed by atoms with E-state index in [-0.39, 0.29) is 17.8 Å². The third kappa shape index (κ3) is 4.80. The molecule has 128 valence electrons. The summed E-state index contributed by atoms with van der Waals surface area (Å²) in [5.74, 6) is -0.0681. The number of carbonyl (C=O) groups excluding carboxylic acids is 1. The summed E-state index contributed by atoms with van der Waals surface area (Å²) in [7, 11) is 0. The molecule has 0 aromatic heterocycles. The Balaban J connectivity index is 1.97. The number of ether oxygens (including phenoxy) is 1. The summed E-state index contributed by atoms with van der Waals surface area (Å²) < 4.78 is 18.4. The Kier molecular flexibility index (Phi) is 6.32. The van der Waals surface area contributed by atoms with Crippen LogP contribution in [0, 0.1) is 5.82 Å². The Morgan fingerprint density at radius 3 is 2.54 bits per heavy atom. The quantitative estimate of drug-likeness (QED) is 0.817. The number of carbonyl (C=O) groups is 1. The average molecular weight is 331 g/mol. The van der Waals surface area contributed by atoms with Crippen molar-refractivity contribution in [3.63, 3.8) is 0 Å². The molecular weight excluding hydrogens is 309 g/mol. The summed E-state index contributed by atoms with van der Waals surface area (Å²) in [6, 6.07) is 12.5. The number of hydrogen-bond donors (Lipinski definition) is 2. The third-order valence-corrected chi connectivity index (χ3v) is 3.64. The van der Waals surface area contributed by atoms with Gasteiger partial charge in [-0.05, 0) is 50.1 Å². The van der Waals surface area contributed by atoms with E-state index >= 15 is 0 Å². The highest BCUT2D eigenvalue weighted by molar-refractivity contribution is 5.97. The average Bonchev–Trinajstić information content (AvgIpc) is 2.56. The van der Waals surface area contributed by atoms with Gasteiger partial charge in [-0.15, -0.1) is 0 Å². The molecule has 2 aromatic carbocycles. The van der Waals surface area contributed by atoms with Crippen LogP contribution in [0.25, 0.3) is 0 Å². The van der Waals surface area contributed by atoms with Gasteiger partial charge in [0, 0.05) is 6.04 Å². The second-order valence-electron chi connectivity index (χ2n) is 5.61. The molecule has 24 heavy (non-hydrogen) atoms. The fraction of sp³-hybridized carbons (Fsp3) is 0.316. The van der Waals surface area contributed by atoms with Crippen molar-refractivity contribution >= 4 is 5.91 Å². The van der Waals surface area contributed by atoms with E-state index < -0.39 is 6.10 Å². The maximum atomic E-state index is 12.9. The van der Waals surface area contributed by atoms with Crippen LogP contribution >= 0.6 is 0 Å². The van der Waals surface area contributed by atoms with Crippen molar-refractivity contribution in [2.45, 2.75) is 32.4 Å². The first-order valence-electron chi connectivity index (χ1n) is 7.97. The van der Waals surface area contributed by atoms with Crippen LogP contribution < -0.4 is 10.1 Å². The van der Waals surface area contributed by atoms with Crippen molar-refractivity contribution < 1.29 is 19.0 Å². The highest BCUT2D eigenvalue weighted by Crippen LogP contribution is 2.21. The van der Waals surface area contributed by atoms with Crippen molar-refractivity contribution in [2.24, 2.45) is 0 Å². The van der Waals surface area contributed by atoms with Crippen LogP contribution in [0.3, 0.4) is 0 Å². The van der Waals surface area contributed by atoms with Gasteiger partial charge in [-0.3, -0.25) is 4.79 Å². The van der Waals surface area contributed by atoms with E-state index in [1.807, 2.05) is 19.9 Å². The van der Waals surface area contributed by atoms with Gasteiger partial charge in [0.25, 0.3) is 5.91 Å². The largest absolute Gasteiger partial charge is 0.493 e. The molecule has 0 fully saturated rings. The maximum Gasteiger partial charge on any atom is 0.255 e. The molecule has 0 aliphatic carbocycles. The zero-order valence-electron chi connectivity index (χ0n) is 13.8. The summed E-state index contributed by atoms with van der Waals surface area (Å²) in [5.41, 5.74) is 1.08. The molecule has 1 amide bonds. The maximum absolute atomic E-state index is 12.9. The number of aliphatic hydroxyl groups excluding tert-OH is 1. The van der Waals surface area contributed by atoms with Crippen LogP contribution in [-0.4, -0.2) is 23.7 Å². The Morgan fingerprint density at radius 2 is 1.88 bits per heavy atom. The highest BCUT2D eigenvalue weighted by Gasteiger charge is 2.17. The minimum atomic E-state index is -0.775. The minimum Gasteiger partial charge on any atom is -0.493 e. The molecule has 2 atom stereocenters. The first-order valence-corrected chi connectivity index (χ1v) is 7.97. The molecule has 0 aliphatic heterocycles. The Bertz CT molecular complexity index is 673. The SMILES string of the molecule is CCOc1ccccc1C(=O)NC(C)CC(O)c1ccc(F)cc1. The molecule has 0 saturated carbocycles. The monoisotopic (exact) mass is 331 g/mol. The van der Waals surface area contributed by atoms with Crippen LogP contribution in [0.5, 0.6) is 5.75 Å². The number of rotatable bonds is 7. The molecule has 0 saturated heterocycles. The van der Waals surface area contributed by atoms with Crippen LogP contribution in [0.1, 0.15) is 42.3 Å². The van der Waals surface area contributed by atoms with Gasteiger partial charge in [-0.1, -0.05) is 24.3 Å². The second-order valence-corrected chi connectivity index (χ2v) is 5.61. The summed E-state index contributed by atoms with van der Waals surface area (Å²) in [6.07, 6.45) is -0.447. The molecule has 0 aliphatic rings.